The average molecular weight is 324 g/mol. The number of carbonyl (C=O) groups excluding carboxylic acids is 1. The molecule has 0 aliphatic carbocycles. The summed E-state index contributed by atoms with van der Waals surface area (Å²) in [4.78, 5) is 14.4. The van der Waals surface area contributed by atoms with E-state index >= 15 is 0 Å². The van der Waals surface area contributed by atoms with E-state index in [-0.39, 0.29) is 5.91 Å². The molecule has 1 N–H and O–H groups in total. The van der Waals surface area contributed by atoms with E-state index < -0.39 is 0 Å². The van der Waals surface area contributed by atoms with Crippen LogP contribution in [0.4, 0.5) is 5.82 Å². The Bertz CT molecular complexity index is 636. The quantitative estimate of drug-likeness (QED) is 0.830. The smallest absolute Gasteiger partial charge is 0.271 e. The standard InChI is InChI=1S/C19H24N4O/c24-19(20-13-7-10-16-8-3-1-4-9-16)17-11-12-18(22-21-17)23-14-5-2-6-15-23/h1,3-4,8-9,11-12H,2,5-7,10,13-15H2,(H,20,24). The number of benzene rings is 1. The maximum absolute atomic E-state index is 12.1. The van der Waals surface area contributed by atoms with Gasteiger partial charge in [0.1, 0.15) is 0 Å². The first-order chi connectivity index (χ1) is 11.8. The van der Waals surface area contributed by atoms with E-state index in [0.29, 0.717) is 12.2 Å². The SMILES string of the molecule is O=C(NCCCc1ccccc1)c1ccc(N2CCCCC2)nn1. The number of hydrogen-bond acceptors (Lipinski definition) is 4. The number of aromatic nitrogens is 2. The van der Waals surface area contributed by atoms with Crippen LogP contribution in [-0.4, -0.2) is 35.7 Å². The number of carbonyl (C=O) groups is 1. The van der Waals surface area contributed by atoms with Crippen molar-refractivity contribution in [1.29, 1.82) is 0 Å². The minimum absolute atomic E-state index is 0.152. The summed E-state index contributed by atoms with van der Waals surface area (Å²) in [6, 6.07) is 14.0. The molecule has 5 nitrogen and oxygen atoms in total. The van der Waals surface area contributed by atoms with Crippen molar-refractivity contribution in [1.82, 2.24) is 15.5 Å². The number of nitrogens with zero attached hydrogens (tertiary/aromatic N) is 3. The van der Waals surface area contributed by atoms with Gasteiger partial charge in [0.15, 0.2) is 11.5 Å². The summed E-state index contributed by atoms with van der Waals surface area (Å²) in [6.07, 6.45) is 5.56. The lowest BCUT2D eigenvalue weighted by atomic mass is 10.1. The van der Waals surface area contributed by atoms with Gasteiger partial charge in [-0.1, -0.05) is 30.3 Å². The van der Waals surface area contributed by atoms with E-state index in [9.17, 15) is 4.79 Å². The molecule has 0 atom stereocenters. The fourth-order valence-electron chi connectivity index (χ4n) is 2.97. The zero-order valence-corrected chi connectivity index (χ0v) is 13.9. The molecule has 0 spiro atoms. The predicted molar refractivity (Wildman–Crippen MR) is 95.2 cm³/mol. The first-order valence-electron chi connectivity index (χ1n) is 8.74. The lowest BCUT2D eigenvalue weighted by Crippen LogP contribution is -2.31. The highest BCUT2D eigenvalue weighted by Gasteiger charge is 2.14. The fourth-order valence-corrected chi connectivity index (χ4v) is 2.97. The van der Waals surface area contributed by atoms with Crippen LogP contribution >= 0.6 is 0 Å². The van der Waals surface area contributed by atoms with Gasteiger partial charge in [-0.15, -0.1) is 10.2 Å². The molecule has 1 amide bonds. The van der Waals surface area contributed by atoms with Crippen LogP contribution in [0.3, 0.4) is 0 Å². The molecule has 5 heteroatoms. The zero-order valence-electron chi connectivity index (χ0n) is 13.9. The molecule has 0 radical (unpaired) electrons. The topological polar surface area (TPSA) is 58.1 Å². The number of anilines is 1. The highest BCUT2D eigenvalue weighted by atomic mass is 16.1. The van der Waals surface area contributed by atoms with Crippen LogP contribution in [0.1, 0.15) is 41.7 Å². The largest absolute Gasteiger partial charge is 0.355 e. The van der Waals surface area contributed by atoms with E-state index in [1.165, 1.54) is 24.8 Å². The second-order valence-electron chi connectivity index (χ2n) is 6.17. The van der Waals surface area contributed by atoms with E-state index in [1.54, 1.807) is 6.07 Å². The Balaban J connectivity index is 1.44. The van der Waals surface area contributed by atoms with Gasteiger partial charge in [-0.25, -0.2) is 0 Å². The van der Waals surface area contributed by atoms with E-state index in [1.807, 2.05) is 24.3 Å². The Morgan fingerprint density at radius 1 is 1.00 bits per heavy atom. The summed E-state index contributed by atoms with van der Waals surface area (Å²) in [7, 11) is 0. The number of amides is 1. The van der Waals surface area contributed by atoms with Gasteiger partial charge < -0.3 is 10.2 Å². The van der Waals surface area contributed by atoms with Gasteiger partial charge in [-0.05, 0) is 49.8 Å². The lowest BCUT2D eigenvalue weighted by Gasteiger charge is -2.27. The first kappa shape index (κ1) is 16.4. The minimum Gasteiger partial charge on any atom is -0.355 e. The molecule has 2 heterocycles. The number of piperidine rings is 1. The molecule has 1 aliphatic heterocycles. The van der Waals surface area contributed by atoms with Crippen LogP contribution in [0.5, 0.6) is 0 Å². The van der Waals surface area contributed by atoms with E-state index in [4.69, 9.17) is 0 Å². The molecule has 0 bridgehead atoms. The molecule has 126 valence electrons. The van der Waals surface area contributed by atoms with Crippen molar-refractivity contribution in [2.45, 2.75) is 32.1 Å². The monoisotopic (exact) mass is 324 g/mol. The molecule has 2 aromatic rings. The average Bonchev–Trinajstić information content (AvgIpc) is 2.67. The van der Waals surface area contributed by atoms with Crippen molar-refractivity contribution in [3.05, 3.63) is 53.7 Å². The fraction of sp³-hybridized carbons (Fsp3) is 0.421. The number of rotatable bonds is 6. The van der Waals surface area contributed by atoms with Gasteiger partial charge >= 0.3 is 0 Å². The highest BCUT2D eigenvalue weighted by molar-refractivity contribution is 5.92. The molecule has 1 aromatic heterocycles. The molecular formula is C19H24N4O. The van der Waals surface area contributed by atoms with Crippen molar-refractivity contribution in [3.8, 4) is 0 Å². The molecule has 3 rings (SSSR count). The normalized spacial score (nSPS) is 14.4. The number of aryl methyl sites for hydroxylation is 1. The van der Waals surface area contributed by atoms with Crippen molar-refractivity contribution < 1.29 is 4.79 Å². The highest BCUT2D eigenvalue weighted by Crippen LogP contribution is 2.16. The second kappa shape index (κ2) is 8.43. The molecule has 1 aliphatic rings. The van der Waals surface area contributed by atoms with Crippen molar-refractivity contribution in [2.75, 3.05) is 24.5 Å². The van der Waals surface area contributed by atoms with Gasteiger partial charge in [-0.2, -0.15) is 0 Å². The Morgan fingerprint density at radius 3 is 2.50 bits per heavy atom. The summed E-state index contributed by atoms with van der Waals surface area (Å²) in [5.74, 6) is 0.719. The Kier molecular flexibility index (Phi) is 5.77. The minimum atomic E-state index is -0.152. The maximum atomic E-state index is 12.1. The predicted octanol–water partition coefficient (Wildman–Crippen LogP) is 2.83. The summed E-state index contributed by atoms with van der Waals surface area (Å²) in [5.41, 5.74) is 1.67. The van der Waals surface area contributed by atoms with Crippen molar-refractivity contribution in [3.63, 3.8) is 0 Å². The summed E-state index contributed by atoms with van der Waals surface area (Å²) in [5, 5.41) is 11.2. The Hall–Kier alpha value is -2.43. The van der Waals surface area contributed by atoms with Crippen LogP contribution in [0.2, 0.25) is 0 Å². The van der Waals surface area contributed by atoms with Crippen LogP contribution in [0, 0.1) is 0 Å². The van der Waals surface area contributed by atoms with Crippen molar-refractivity contribution >= 4 is 11.7 Å². The van der Waals surface area contributed by atoms with Gasteiger partial charge in [-0.3, -0.25) is 4.79 Å². The van der Waals surface area contributed by atoms with Gasteiger partial charge in [0.25, 0.3) is 5.91 Å². The molecule has 1 fully saturated rings. The van der Waals surface area contributed by atoms with Crippen LogP contribution < -0.4 is 10.2 Å². The number of hydrogen-bond donors (Lipinski definition) is 1. The Morgan fingerprint density at radius 2 is 1.79 bits per heavy atom. The third kappa shape index (κ3) is 4.54. The van der Waals surface area contributed by atoms with Crippen LogP contribution in [-0.2, 0) is 6.42 Å². The van der Waals surface area contributed by atoms with Crippen molar-refractivity contribution in [2.24, 2.45) is 0 Å². The molecule has 1 aromatic carbocycles. The third-order valence-corrected chi connectivity index (χ3v) is 4.33. The first-order valence-corrected chi connectivity index (χ1v) is 8.74. The second-order valence-corrected chi connectivity index (χ2v) is 6.17. The van der Waals surface area contributed by atoms with Crippen LogP contribution in [0.15, 0.2) is 42.5 Å². The molecule has 1 saturated heterocycles. The summed E-state index contributed by atoms with van der Waals surface area (Å²) >= 11 is 0. The Labute approximate surface area is 143 Å². The number of nitrogens with one attached hydrogen (secondary N) is 1. The summed E-state index contributed by atoms with van der Waals surface area (Å²) < 4.78 is 0. The van der Waals surface area contributed by atoms with Gasteiger partial charge in [0, 0.05) is 19.6 Å². The van der Waals surface area contributed by atoms with E-state index in [0.717, 1.165) is 31.7 Å². The lowest BCUT2D eigenvalue weighted by molar-refractivity contribution is 0.0947. The molecular weight excluding hydrogens is 300 g/mol. The molecule has 0 unspecified atom stereocenters. The maximum Gasteiger partial charge on any atom is 0.271 e. The van der Waals surface area contributed by atoms with Crippen LogP contribution in [0.25, 0.3) is 0 Å². The van der Waals surface area contributed by atoms with E-state index in [2.05, 4.69) is 32.5 Å². The van der Waals surface area contributed by atoms with Gasteiger partial charge in [0.2, 0.25) is 0 Å². The zero-order chi connectivity index (χ0) is 16.6. The third-order valence-electron chi connectivity index (χ3n) is 4.33. The van der Waals surface area contributed by atoms with Gasteiger partial charge in [0.05, 0.1) is 0 Å². The summed E-state index contributed by atoms with van der Waals surface area (Å²) in [6.45, 7) is 2.70. The molecule has 0 saturated carbocycles. The molecule has 24 heavy (non-hydrogen) atoms.